The van der Waals surface area contributed by atoms with Crippen LogP contribution in [0.5, 0.6) is 0 Å². The Balaban J connectivity index is 1.85. The maximum Gasteiger partial charge on any atom is 0.414 e. The molecule has 2 unspecified atom stereocenters. The van der Waals surface area contributed by atoms with E-state index in [4.69, 9.17) is 9.47 Å². The summed E-state index contributed by atoms with van der Waals surface area (Å²) in [5.41, 5.74) is 1.45. The van der Waals surface area contributed by atoms with E-state index in [0.717, 1.165) is 20.2 Å². The van der Waals surface area contributed by atoms with Gasteiger partial charge in [0.2, 0.25) is 0 Å². The number of carbonyl (C=O) groups is 2. The number of alkyl halides is 2. The Morgan fingerprint density at radius 1 is 1.00 bits per heavy atom. The number of nitrogens with zero attached hydrogens (tertiary/aromatic N) is 2. The van der Waals surface area contributed by atoms with Crippen molar-refractivity contribution in [2.45, 2.75) is 12.2 Å². The lowest BCUT2D eigenvalue weighted by atomic mass is 10.3. The predicted octanol–water partition coefficient (Wildman–Crippen LogP) is 3.27. The molecule has 2 amide bonds. The molecule has 1 aromatic rings. The van der Waals surface area contributed by atoms with Crippen molar-refractivity contribution < 1.29 is 19.1 Å². The number of halogens is 2. The van der Waals surface area contributed by atoms with Crippen molar-refractivity contribution in [2.75, 3.05) is 31.7 Å². The standard InChI is InChI=1S/C12H12I2N2O4S/c13-1-7-3-15(11(17)19-7)9-5-21-6-10(9)16-4-8(2-14)20-12(16)18/h5-8H,1-4H2. The van der Waals surface area contributed by atoms with Gasteiger partial charge in [-0.2, -0.15) is 0 Å². The van der Waals surface area contributed by atoms with Crippen LogP contribution >= 0.6 is 56.5 Å². The van der Waals surface area contributed by atoms with Gasteiger partial charge in [0, 0.05) is 19.6 Å². The monoisotopic (exact) mass is 534 g/mol. The van der Waals surface area contributed by atoms with Crippen LogP contribution in [0.1, 0.15) is 0 Å². The lowest BCUT2D eigenvalue weighted by Crippen LogP contribution is -2.29. The molecule has 2 aliphatic heterocycles. The molecule has 3 rings (SSSR count). The zero-order valence-electron chi connectivity index (χ0n) is 10.8. The van der Waals surface area contributed by atoms with E-state index in [1.807, 2.05) is 10.8 Å². The smallest absolute Gasteiger partial charge is 0.414 e. The van der Waals surface area contributed by atoms with E-state index in [9.17, 15) is 9.59 Å². The molecule has 0 saturated carbocycles. The Hall–Kier alpha value is -0.300. The fourth-order valence-corrected chi connectivity index (χ4v) is 4.02. The number of amides is 2. The highest BCUT2D eigenvalue weighted by atomic mass is 127. The summed E-state index contributed by atoms with van der Waals surface area (Å²) in [5, 5.41) is 3.74. The van der Waals surface area contributed by atoms with Crippen LogP contribution in [-0.4, -0.2) is 46.3 Å². The second-order valence-electron chi connectivity index (χ2n) is 4.68. The van der Waals surface area contributed by atoms with Crippen LogP contribution < -0.4 is 9.80 Å². The number of carbonyl (C=O) groups excluding carboxylic acids is 2. The molecular formula is C12H12I2N2O4S. The largest absolute Gasteiger partial charge is 0.443 e. The zero-order valence-corrected chi connectivity index (χ0v) is 16.0. The van der Waals surface area contributed by atoms with Crippen LogP contribution in [0.2, 0.25) is 0 Å². The first kappa shape index (κ1) is 15.6. The third-order valence-electron chi connectivity index (χ3n) is 3.30. The van der Waals surface area contributed by atoms with Crippen LogP contribution in [0.3, 0.4) is 0 Å². The normalized spacial score (nSPS) is 25.4. The quantitative estimate of drug-likeness (QED) is 0.440. The van der Waals surface area contributed by atoms with Crippen LogP contribution in [-0.2, 0) is 9.47 Å². The third kappa shape index (κ3) is 2.96. The zero-order chi connectivity index (χ0) is 15.0. The molecule has 3 heterocycles. The second-order valence-corrected chi connectivity index (χ2v) is 7.19. The second kappa shape index (κ2) is 6.44. The molecule has 0 bridgehead atoms. The molecule has 0 spiro atoms. The van der Waals surface area contributed by atoms with Gasteiger partial charge in [0.05, 0.1) is 24.5 Å². The van der Waals surface area contributed by atoms with Gasteiger partial charge in [-0.25, -0.2) is 9.59 Å². The molecule has 1 aromatic heterocycles. The molecular weight excluding hydrogens is 522 g/mol. The van der Waals surface area contributed by atoms with E-state index in [2.05, 4.69) is 45.2 Å². The van der Waals surface area contributed by atoms with E-state index < -0.39 is 0 Å². The summed E-state index contributed by atoms with van der Waals surface area (Å²) in [5.74, 6) is 0. The van der Waals surface area contributed by atoms with Gasteiger partial charge in [0.1, 0.15) is 12.2 Å². The van der Waals surface area contributed by atoms with Crippen molar-refractivity contribution in [3.8, 4) is 0 Å². The van der Waals surface area contributed by atoms with Crippen LogP contribution in [0, 0.1) is 0 Å². The number of cyclic esters (lactones) is 2. The van der Waals surface area contributed by atoms with Crippen molar-refractivity contribution in [3.05, 3.63) is 10.8 Å². The topological polar surface area (TPSA) is 59.1 Å². The molecule has 0 aliphatic carbocycles. The fourth-order valence-electron chi connectivity index (χ4n) is 2.28. The number of rotatable bonds is 4. The summed E-state index contributed by atoms with van der Waals surface area (Å²) >= 11 is 5.86. The maximum absolute atomic E-state index is 12.0. The third-order valence-corrected chi connectivity index (χ3v) is 5.98. The highest BCUT2D eigenvalue weighted by Gasteiger charge is 2.38. The number of thiophene rings is 1. The first-order valence-corrected chi connectivity index (χ1v) is 10.3. The Morgan fingerprint density at radius 3 is 1.76 bits per heavy atom. The summed E-state index contributed by atoms with van der Waals surface area (Å²) in [6.07, 6.45) is -0.902. The van der Waals surface area contributed by atoms with E-state index in [1.54, 1.807) is 9.80 Å². The molecule has 0 N–H and O–H groups in total. The van der Waals surface area contributed by atoms with E-state index in [-0.39, 0.29) is 24.4 Å². The van der Waals surface area contributed by atoms with Crippen molar-refractivity contribution in [2.24, 2.45) is 0 Å². The highest BCUT2D eigenvalue weighted by Crippen LogP contribution is 2.38. The molecule has 2 fully saturated rings. The molecule has 6 nitrogen and oxygen atoms in total. The SMILES string of the molecule is O=C1OC(CI)CN1c1cscc1N1CC(CI)OC1=O. The van der Waals surface area contributed by atoms with Crippen LogP contribution in [0.15, 0.2) is 10.8 Å². The molecule has 114 valence electrons. The van der Waals surface area contributed by atoms with Crippen molar-refractivity contribution in [3.63, 3.8) is 0 Å². The number of hydrogen-bond donors (Lipinski definition) is 0. The van der Waals surface area contributed by atoms with Gasteiger partial charge < -0.3 is 9.47 Å². The van der Waals surface area contributed by atoms with Crippen molar-refractivity contribution >= 4 is 80.1 Å². The van der Waals surface area contributed by atoms with E-state index in [1.165, 1.54) is 11.3 Å². The Morgan fingerprint density at radius 2 is 1.43 bits per heavy atom. The maximum atomic E-state index is 12.0. The summed E-state index contributed by atoms with van der Waals surface area (Å²) < 4.78 is 12.1. The average molecular weight is 534 g/mol. The van der Waals surface area contributed by atoms with Gasteiger partial charge >= 0.3 is 12.2 Å². The first-order chi connectivity index (χ1) is 10.1. The molecule has 2 saturated heterocycles. The summed E-state index contributed by atoms with van der Waals surface area (Å²) in [6, 6.07) is 0. The Labute approximate surface area is 153 Å². The Bertz CT molecular complexity index is 521. The van der Waals surface area contributed by atoms with Gasteiger partial charge in [-0.15, -0.1) is 11.3 Å². The van der Waals surface area contributed by atoms with Crippen LogP contribution in [0.25, 0.3) is 0 Å². The molecule has 21 heavy (non-hydrogen) atoms. The summed E-state index contributed by atoms with van der Waals surface area (Å²) in [6.45, 7) is 1.04. The van der Waals surface area contributed by atoms with Gasteiger partial charge in [0.25, 0.3) is 0 Å². The average Bonchev–Trinajstić information content (AvgIpc) is 3.16. The fraction of sp³-hybridized carbons (Fsp3) is 0.500. The van der Waals surface area contributed by atoms with E-state index >= 15 is 0 Å². The lowest BCUT2D eigenvalue weighted by molar-refractivity contribution is 0.151. The summed E-state index contributed by atoms with van der Waals surface area (Å²) in [4.78, 5) is 27.2. The van der Waals surface area contributed by atoms with Gasteiger partial charge in [0.15, 0.2) is 0 Å². The number of anilines is 2. The summed E-state index contributed by atoms with van der Waals surface area (Å²) in [7, 11) is 0. The van der Waals surface area contributed by atoms with Crippen LogP contribution in [0.4, 0.5) is 21.0 Å². The van der Waals surface area contributed by atoms with E-state index in [0.29, 0.717) is 13.1 Å². The number of hydrogen-bond acceptors (Lipinski definition) is 5. The first-order valence-electron chi connectivity index (χ1n) is 6.28. The molecule has 2 atom stereocenters. The van der Waals surface area contributed by atoms with Gasteiger partial charge in [-0.3, -0.25) is 9.80 Å². The highest BCUT2D eigenvalue weighted by molar-refractivity contribution is 14.1. The molecule has 0 aromatic carbocycles. The molecule has 9 heteroatoms. The van der Waals surface area contributed by atoms with Crippen molar-refractivity contribution in [1.29, 1.82) is 0 Å². The minimum Gasteiger partial charge on any atom is -0.443 e. The van der Waals surface area contributed by atoms with Crippen molar-refractivity contribution in [1.82, 2.24) is 0 Å². The van der Waals surface area contributed by atoms with Gasteiger partial charge in [-0.1, -0.05) is 45.2 Å². The number of ether oxygens (including phenoxy) is 2. The predicted molar refractivity (Wildman–Crippen MR) is 97.3 cm³/mol. The minimum atomic E-state index is -0.352. The molecule has 2 aliphatic rings. The van der Waals surface area contributed by atoms with Gasteiger partial charge in [-0.05, 0) is 0 Å². The Kier molecular flexibility index (Phi) is 4.78. The lowest BCUT2D eigenvalue weighted by Gasteiger charge is -2.18. The minimum absolute atomic E-state index is 0.0986. The molecule has 0 radical (unpaired) electrons.